The molecule has 1 aromatic carbocycles. The van der Waals surface area contributed by atoms with E-state index in [9.17, 15) is 15.0 Å². The van der Waals surface area contributed by atoms with Gasteiger partial charge in [0.05, 0.1) is 0 Å². The highest BCUT2D eigenvalue weighted by Gasteiger charge is 2.10. The van der Waals surface area contributed by atoms with Crippen molar-refractivity contribution in [1.29, 1.82) is 0 Å². The van der Waals surface area contributed by atoms with Crippen LogP contribution in [-0.2, 0) is 0 Å². The van der Waals surface area contributed by atoms with E-state index in [1.807, 2.05) is 0 Å². The number of nitrogens with zero attached hydrogens (tertiary/aromatic N) is 1. The number of carbonyl (C=O) groups is 1. The Morgan fingerprint density at radius 3 is 2.48 bits per heavy atom. The Hall–Kier alpha value is -1.55. The van der Waals surface area contributed by atoms with Crippen molar-refractivity contribution >= 4 is 5.78 Å². The number of rotatable bonds is 7. The van der Waals surface area contributed by atoms with Gasteiger partial charge in [-0.2, -0.15) is 0 Å². The van der Waals surface area contributed by atoms with E-state index >= 15 is 0 Å². The van der Waals surface area contributed by atoms with Crippen LogP contribution in [0, 0.1) is 0 Å². The number of hydrogen-bond acceptors (Lipinski definition) is 4. The van der Waals surface area contributed by atoms with Crippen LogP contribution in [0.15, 0.2) is 18.2 Å². The number of piperidine rings is 1. The SMILES string of the molecule is O=C(CCCCCN1CCCCC1)c1ccc(O)c(O)c1. The van der Waals surface area contributed by atoms with E-state index in [-0.39, 0.29) is 17.3 Å². The molecule has 0 amide bonds. The molecule has 0 aromatic heterocycles. The number of Topliss-reactive ketones (excluding diaryl/α,β-unsaturated/α-hetero) is 1. The molecule has 0 aliphatic carbocycles. The van der Waals surface area contributed by atoms with Crippen LogP contribution in [0.25, 0.3) is 0 Å². The molecule has 1 fully saturated rings. The largest absolute Gasteiger partial charge is 0.504 e. The van der Waals surface area contributed by atoms with E-state index in [0.717, 1.165) is 25.8 Å². The Morgan fingerprint density at radius 1 is 1.00 bits per heavy atom. The first-order valence-electron chi connectivity index (χ1n) is 7.94. The van der Waals surface area contributed by atoms with E-state index in [1.54, 1.807) is 6.07 Å². The number of unbranched alkanes of at least 4 members (excludes halogenated alkanes) is 2. The van der Waals surface area contributed by atoms with Crippen molar-refractivity contribution in [3.63, 3.8) is 0 Å². The summed E-state index contributed by atoms with van der Waals surface area (Å²) in [6, 6.07) is 4.26. The highest BCUT2D eigenvalue weighted by atomic mass is 16.3. The van der Waals surface area contributed by atoms with Gasteiger partial charge in [0.1, 0.15) is 0 Å². The Bertz CT molecular complexity index is 467. The lowest BCUT2D eigenvalue weighted by atomic mass is 10.0. The zero-order valence-corrected chi connectivity index (χ0v) is 12.6. The molecule has 1 aliphatic rings. The summed E-state index contributed by atoms with van der Waals surface area (Å²) in [4.78, 5) is 14.5. The van der Waals surface area contributed by atoms with Gasteiger partial charge >= 0.3 is 0 Å². The Kier molecular flexibility index (Phi) is 6.05. The summed E-state index contributed by atoms with van der Waals surface area (Å²) in [5.74, 6) is -0.387. The fraction of sp³-hybridized carbons (Fsp3) is 0.588. The number of ketones is 1. The molecule has 0 saturated carbocycles. The lowest BCUT2D eigenvalue weighted by Gasteiger charge is -2.26. The summed E-state index contributed by atoms with van der Waals surface area (Å²) in [7, 11) is 0. The number of phenols is 2. The van der Waals surface area contributed by atoms with Crippen LogP contribution in [0.5, 0.6) is 11.5 Å². The summed E-state index contributed by atoms with van der Waals surface area (Å²) < 4.78 is 0. The second kappa shape index (κ2) is 8.03. The van der Waals surface area contributed by atoms with Gasteiger partial charge in [-0.25, -0.2) is 0 Å². The van der Waals surface area contributed by atoms with Crippen molar-refractivity contribution in [1.82, 2.24) is 4.90 Å². The molecule has 0 atom stereocenters. The van der Waals surface area contributed by atoms with Crippen LogP contribution in [-0.4, -0.2) is 40.5 Å². The van der Waals surface area contributed by atoms with Gasteiger partial charge in [-0.15, -0.1) is 0 Å². The minimum Gasteiger partial charge on any atom is -0.504 e. The van der Waals surface area contributed by atoms with Gasteiger partial charge in [0.15, 0.2) is 17.3 Å². The molecule has 1 aliphatic heterocycles. The number of carbonyl (C=O) groups excluding carboxylic acids is 1. The van der Waals surface area contributed by atoms with Crippen LogP contribution in [0.2, 0.25) is 0 Å². The molecule has 1 aromatic rings. The maximum absolute atomic E-state index is 12.0. The molecule has 1 saturated heterocycles. The zero-order chi connectivity index (χ0) is 15.1. The molecule has 4 nitrogen and oxygen atoms in total. The second-order valence-electron chi connectivity index (χ2n) is 5.84. The van der Waals surface area contributed by atoms with Gasteiger partial charge in [-0.05, 0) is 63.5 Å². The molecule has 0 bridgehead atoms. The van der Waals surface area contributed by atoms with Crippen LogP contribution in [0.1, 0.15) is 55.3 Å². The van der Waals surface area contributed by atoms with E-state index in [1.165, 1.54) is 44.5 Å². The predicted octanol–water partition coefficient (Wildman–Crippen LogP) is 3.33. The summed E-state index contributed by atoms with van der Waals surface area (Å²) in [5, 5.41) is 18.6. The zero-order valence-electron chi connectivity index (χ0n) is 12.6. The van der Waals surface area contributed by atoms with Gasteiger partial charge in [0, 0.05) is 12.0 Å². The number of aromatic hydroxyl groups is 2. The molecule has 2 rings (SSSR count). The molecule has 21 heavy (non-hydrogen) atoms. The quantitative estimate of drug-likeness (QED) is 0.459. The smallest absolute Gasteiger partial charge is 0.163 e. The van der Waals surface area contributed by atoms with Gasteiger partial charge in [0.25, 0.3) is 0 Å². The average molecular weight is 291 g/mol. The average Bonchev–Trinajstić information content (AvgIpc) is 2.50. The molecule has 116 valence electrons. The minimum atomic E-state index is -0.231. The molecular formula is C17H25NO3. The molecule has 2 N–H and O–H groups in total. The lowest BCUT2D eigenvalue weighted by molar-refractivity contribution is 0.0978. The molecule has 0 radical (unpaired) electrons. The Morgan fingerprint density at radius 2 is 1.76 bits per heavy atom. The second-order valence-corrected chi connectivity index (χ2v) is 5.84. The van der Waals surface area contributed by atoms with Crippen molar-refractivity contribution in [2.24, 2.45) is 0 Å². The molecule has 4 heteroatoms. The highest BCUT2D eigenvalue weighted by Crippen LogP contribution is 2.25. The van der Waals surface area contributed by atoms with E-state index in [4.69, 9.17) is 0 Å². The Balaban J connectivity index is 1.63. The molecule has 1 heterocycles. The molecular weight excluding hydrogens is 266 g/mol. The van der Waals surface area contributed by atoms with Crippen molar-refractivity contribution in [3.8, 4) is 11.5 Å². The topological polar surface area (TPSA) is 60.8 Å². The fourth-order valence-corrected chi connectivity index (χ4v) is 2.82. The van der Waals surface area contributed by atoms with Gasteiger partial charge in [-0.3, -0.25) is 4.79 Å². The number of hydrogen-bond donors (Lipinski definition) is 2. The van der Waals surface area contributed by atoms with Crippen LogP contribution >= 0.6 is 0 Å². The summed E-state index contributed by atoms with van der Waals surface area (Å²) in [6.07, 6.45) is 7.61. The van der Waals surface area contributed by atoms with E-state index in [0.29, 0.717) is 12.0 Å². The monoisotopic (exact) mass is 291 g/mol. The van der Waals surface area contributed by atoms with Gasteiger partial charge < -0.3 is 15.1 Å². The minimum absolute atomic E-state index is 0.0308. The third-order valence-corrected chi connectivity index (χ3v) is 4.12. The van der Waals surface area contributed by atoms with Crippen LogP contribution < -0.4 is 0 Å². The Labute approximate surface area is 126 Å². The summed E-state index contributed by atoms with van der Waals surface area (Å²) in [5.41, 5.74) is 0.473. The number of benzene rings is 1. The number of likely N-dealkylation sites (tertiary alicyclic amines) is 1. The van der Waals surface area contributed by atoms with Crippen LogP contribution in [0.3, 0.4) is 0 Å². The maximum Gasteiger partial charge on any atom is 0.163 e. The predicted molar refractivity (Wildman–Crippen MR) is 82.9 cm³/mol. The van der Waals surface area contributed by atoms with E-state index in [2.05, 4.69) is 4.90 Å². The van der Waals surface area contributed by atoms with Crippen molar-refractivity contribution in [2.45, 2.75) is 44.9 Å². The first kappa shape index (κ1) is 15.8. The maximum atomic E-state index is 12.0. The van der Waals surface area contributed by atoms with Crippen molar-refractivity contribution in [3.05, 3.63) is 23.8 Å². The number of phenolic OH excluding ortho intramolecular Hbond substituents is 2. The lowest BCUT2D eigenvalue weighted by Crippen LogP contribution is -2.30. The van der Waals surface area contributed by atoms with Crippen molar-refractivity contribution < 1.29 is 15.0 Å². The third kappa shape index (κ3) is 5.05. The first-order valence-corrected chi connectivity index (χ1v) is 7.94. The summed E-state index contributed by atoms with van der Waals surface area (Å²) in [6.45, 7) is 3.60. The summed E-state index contributed by atoms with van der Waals surface area (Å²) >= 11 is 0. The van der Waals surface area contributed by atoms with E-state index < -0.39 is 0 Å². The standard InChI is InChI=1S/C17H25NO3/c19-15(14-8-9-16(20)17(21)13-14)7-3-1-4-10-18-11-5-2-6-12-18/h8-9,13,20-21H,1-7,10-12H2. The molecule has 0 spiro atoms. The van der Waals surface area contributed by atoms with Crippen LogP contribution in [0.4, 0.5) is 0 Å². The first-order chi connectivity index (χ1) is 10.2. The highest BCUT2D eigenvalue weighted by molar-refractivity contribution is 5.96. The van der Waals surface area contributed by atoms with Gasteiger partial charge in [-0.1, -0.05) is 12.8 Å². The fourth-order valence-electron chi connectivity index (χ4n) is 2.82. The third-order valence-electron chi connectivity index (χ3n) is 4.12. The normalized spacial score (nSPS) is 16.0. The molecule has 0 unspecified atom stereocenters. The van der Waals surface area contributed by atoms with Crippen molar-refractivity contribution in [2.75, 3.05) is 19.6 Å². The van der Waals surface area contributed by atoms with Gasteiger partial charge in [0.2, 0.25) is 0 Å².